The molecule has 0 bridgehead atoms. The van der Waals surface area contributed by atoms with Crippen LogP contribution in [0.4, 0.5) is 5.69 Å². The third-order valence-electron chi connectivity index (χ3n) is 3.17. The van der Waals surface area contributed by atoms with E-state index in [9.17, 15) is 9.59 Å². The fraction of sp³-hybridized carbons (Fsp3) is 0.176. The van der Waals surface area contributed by atoms with Gasteiger partial charge in [-0.1, -0.05) is 42.0 Å². The van der Waals surface area contributed by atoms with Crippen molar-refractivity contribution in [1.82, 2.24) is 0 Å². The zero-order valence-corrected chi connectivity index (χ0v) is 12.1. The van der Waals surface area contributed by atoms with Gasteiger partial charge in [0.2, 0.25) is 0 Å². The first-order valence-electron chi connectivity index (χ1n) is 6.63. The lowest BCUT2D eigenvalue weighted by Crippen LogP contribution is -2.18. The van der Waals surface area contributed by atoms with Gasteiger partial charge in [-0.25, -0.2) is 4.79 Å². The molecular formula is C17H17NO3. The summed E-state index contributed by atoms with van der Waals surface area (Å²) in [5.74, 6) is -1.48. The highest BCUT2D eigenvalue weighted by Gasteiger charge is 2.19. The molecule has 0 saturated carbocycles. The van der Waals surface area contributed by atoms with E-state index in [4.69, 9.17) is 0 Å². The first kappa shape index (κ1) is 14.8. The Kier molecular flexibility index (Phi) is 4.72. The van der Waals surface area contributed by atoms with Gasteiger partial charge < -0.3 is 10.1 Å². The highest BCUT2D eigenvalue weighted by atomic mass is 16.5. The van der Waals surface area contributed by atoms with E-state index in [2.05, 4.69) is 10.1 Å². The molecule has 0 heterocycles. The van der Waals surface area contributed by atoms with Gasteiger partial charge in [0.25, 0.3) is 5.78 Å². The lowest BCUT2D eigenvalue weighted by molar-refractivity contribution is -0.135. The zero-order valence-electron chi connectivity index (χ0n) is 12.1. The first-order valence-corrected chi connectivity index (χ1v) is 6.63. The van der Waals surface area contributed by atoms with Crippen molar-refractivity contribution < 1.29 is 14.3 Å². The number of methoxy groups -OCH3 is 1. The highest BCUT2D eigenvalue weighted by molar-refractivity contribution is 6.40. The van der Waals surface area contributed by atoms with E-state index in [-0.39, 0.29) is 0 Å². The van der Waals surface area contributed by atoms with E-state index in [1.54, 1.807) is 12.1 Å². The number of anilines is 1. The summed E-state index contributed by atoms with van der Waals surface area (Å²) in [6.45, 7) is 2.48. The van der Waals surface area contributed by atoms with E-state index in [0.717, 1.165) is 11.3 Å². The minimum atomic E-state index is -0.849. The minimum absolute atomic E-state index is 0.365. The van der Waals surface area contributed by atoms with Crippen molar-refractivity contribution >= 4 is 17.4 Å². The van der Waals surface area contributed by atoms with Crippen molar-refractivity contribution in [2.24, 2.45) is 0 Å². The summed E-state index contributed by atoms with van der Waals surface area (Å²) < 4.78 is 4.49. The predicted molar refractivity (Wildman–Crippen MR) is 81.3 cm³/mol. The molecule has 2 rings (SSSR count). The highest BCUT2D eigenvalue weighted by Crippen LogP contribution is 2.14. The molecule has 0 fully saturated rings. The molecule has 0 aromatic heterocycles. The molecule has 2 aromatic rings. The summed E-state index contributed by atoms with van der Waals surface area (Å²) in [6.07, 6.45) is 0. The molecule has 0 saturated heterocycles. The van der Waals surface area contributed by atoms with Gasteiger partial charge in [0.05, 0.1) is 7.11 Å². The fourth-order valence-electron chi connectivity index (χ4n) is 1.97. The SMILES string of the molecule is COC(=O)C(=O)c1ccccc1CNc1ccc(C)cc1. The van der Waals surface area contributed by atoms with E-state index in [0.29, 0.717) is 12.1 Å². The number of ether oxygens (including phenoxy) is 1. The monoisotopic (exact) mass is 283 g/mol. The molecule has 0 amide bonds. The maximum Gasteiger partial charge on any atom is 0.379 e. The molecule has 4 nitrogen and oxygen atoms in total. The van der Waals surface area contributed by atoms with E-state index >= 15 is 0 Å². The fourth-order valence-corrected chi connectivity index (χ4v) is 1.97. The van der Waals surface area contributed by atoms with Crippen LogP contribution in [0.15, 0.2) is 48.5 Å². The molecule has 0 aliphatic carbocycles. The van der Waals surface area contributed by atoms with Crippen LogP contribution < -0.4 is 5.32 Å². The average molecular weight is 283 g/mol. The summed E-state index contributed by atoms with van der Waals surface area (Å²) in [5, 5.41) is 3.24. The summed E-state index contributed by atoms with van der Waals surface area (Å²) >= 11 is 0. The van der Waals surface area contributed by atoms with Gasteiger partial charge in [-0.3, -0.25) is 4.79 Å². The molecule has 108 valence electrons. The molecule has 0 atom stereocenters. The van der Waals surface area contributed by atoms with Crippen molar-refractivity contribution in [3.63, 3.8) is 0 Å². The van der Waals surface area contributed by atoms with Gasteiger partial charge >= 0.3 is 5.97 Å². The van der Waals surface area contributed by atoms with Crippen LogP contribution >= 0.6 is 0 Å². The number of aryl methyl sites for hydroxylation is 1. The van der Waals surface area contributed by atoms with Crippen molar-refractivity contribution in [2.75, 3.05) is 12.4 Å². The molecule has 2 aromatic carbocycles. The lowest BCUT2D eigenvalue weighted by Gasteiger charge is -2.10. The second kappa shape index (κ2) is 6.70. The van der Waals surface area contributed by atoms with Gasteiger partial charge in [-0.15, -0.1) is 0 Å². The predicted octanol–water partition coefficient (Wildman–Crippen LogP) is 2.96. The second-order valence-corrected chi connectivity index (χ2v) is 4.70. The molecule has 0 unspecified atom stereocenters. The smallest absolute Gasteiger partial charge is 0.379 e. The third-order valence-corrected chi connectivity index (χ3v) is 3.17. The molecule has 0 aliphatic heterocycles. The lowest BCUT2D eigenvalue weighted by atomic mass is 10.0. The summed E-state index contributed by atoms with van der Waals surface area (Å²) in [5.41, 5.74) is 3.26. The number of carbonyl (C=O) groups is 2. The van der Waals surface area contributed by atoms with Gasteiger partial charge in [-0.05, 0) is 24.6 Å². The van der Waals surface area contributed by atoms with Crippen LogP contribution in [0.3, 0.4) is 0 Å². The molecule has 0 spiro atoms. The van der Waals surface area contributed by atoms with E-state index in [1.165, 1.54) is 12.7 Å². The Bertz CT molecular complexity index is 647. The topological polar surface area (TPSA) is 55.4 Å². The van der Waals surface area contributed by atoms with Crippen molar-refractivity contribution in [3.8, 4) is 0 Å². The van der Waals surface area contributed by atoms with Gasteiger partial charge in [0, 0.05) is 17.8 Å². The maximum absolute atomic E-state index is 12.0. The van der Waals surface area contributed by atoms with Crippen LogP contribution in [0.25, 0.3) is 0 Å². The Morgan fingerprint density at radius 1 is 1.05 bits per heavy atom. The summed E-state index contributed by atoms with van der Waals surface area (Å²) in [7, 11) is 1.20. The quantitative estimate of drug-likeness (QED) is 0.521. The van der Waals surface area contributed by atoms with E-state index in [1.807, 2.05) is 43.3 Å². The van der Waals surface area contributed by atoms with Crippen LogP contribution in [-0.4, -0.2) is 18.9 Å². The average Bonchev–Trinajstić information content (AvgIpc) is 2.53. The van der Waals surface area contributed by atoms with Gasteiger partial charge in [-0.2, -0.15) is 0 Å². The number of rotatable bonds is 5. The van der Waals surface area contributed by atoms with Crippen LogP contribution in [0.5, 0.6) is 0 Å². The number of ketones is 1. The number of esters is 1. The van der Waals surface area contributed by atoms with Gasteiger partial charge in [0.1, 0.15) is 0 Å². The molecule has 21 heavy (non-hydrogen) atoms. The normalized spacial score (nSPS) is 10.0. The maximum atomic E-state index is 12.0. The Labute approximate surface area is 123 Å². The number of carbonyl (C=O) groups excluding carboxylic acids is 2. The summed E-state index contributed by atoms with van der Waals surface area (Å²) in [4.78, 5) is 23.3. The van der Waals surface area contributed by atoms with Crippen LogP contribution in [0, 0.1) is 6.92 Å². The van der Waals surface area contributed by atoms with Crippen LogP contribution in [0.1, 0.15) is 21.5 Å². The number of hydrogen-bond acceptors (Lipinski definition) is 4. The molecule has 4 heteroatoms. The Hall–Kier alpha value is -2.62. The molecular weight excluding hydrogens is 266 g/mol. The standard InChI is InChI=1S/C17H17NO3/c1-12-7-9-14(10-8-12)18-11-13-5-3-4-6-15(13)16(19)17(20)21-2/h3-10,18H,11H2,1-2H3. The summed E-state index contributed by atoms with van der Waals surface area (Å²) in [6, 6.07) is 15.0. The third kappa shape index (κ3) is 3.69. The van der Waals surface area contributed by atoms with E-state index < -0.39 is 11.8 Å². The first-order chi connectivity index (χ1) is 10.1. The zero-order chi connectivity index (χ0) is 15.2. The molecule has 0 aliphatic rings. The Balaban J connectivity index is 2.15. The Morgan fingerprint density at radius 2 is 1.71 bits per heavy atom. The van der Waals surface area contributed by atoms with Crippen LogP contribution in [-0.2, 0) is 16.1 Å². The minimum Gasteiger partial charge on any atom is -0.463 e. The molecule has 0 radical (unpaired) electrons. The largest absolute Gasteiger partial charge is 0.463 e. The van der Waals surface area contributed by atoms with Crippen molar-refractivity contribution in [2.45, 2.75) is 13.5 Å². The Morgan fingerprint density at radius 3 is 2.38 bits per heavy atom. The molecule has 1 N–H and O–H groups in total. The second-order valence-electron chi connectivity index (χ2n) is 4.70. The van der Waals surface area contributed by atoms with Crippen LogP contribution in [0.2, 0.25) is 0 Å². The van der Waals surface area contributed by atoms with Crippen molar-refractivity contribution in [1.29, 1.82) is 0 Å². The van der Waals surface area contributed by atoms with Crippen molar-refractivity contribution in [3.05, 3.63) is 65.2 Å². The number of nitrogens with one attached hydrogen (secondary N) is 1. The number of benzene rings is 2. The number of Topliss-reactive ketones (excluding diaryl/α,β-unsaturated/α-hetero) is 1. The van der Waals surface area contributed by atoms with Gasteiger partial charge in [0.15, 0.2) is 0 Å². The number of hydrogen-bond donors (Lipinski definition) is 1.